The number of furan rings is 1. The fraction of sp³-hybridized carbons (Fsp3) is 0.500. The molecule has 3 rings (SSSR count). The standard InChI is InChI=1S/C16H21ClN4OS.ClH/c1-3-16(8-10-5-4-6-22-10)11(7-9(2)18)23-12-13(16)20-15(17)21-14(12)19;/h4-6,9,11H,3,7-8,18H2,1-2H3,(H2,19,20,21);1H/t9-,11?,16?;/m0./s1. The second-order valence-electron chi connectivity index (χ2n) is 6.14. The van der Waals surface area contributed by atoms with E-state index in [4.69, 9.17) is 27.5 Å². The van der Waals surface area contributed by atoms with Gasteiger partial charge in [-0.15, -0.1) is 24.2 Å². The van der Waals surface area contributed by atoms with Gasteiger partial charge in [-0.05, 0) is 43.5 Å². The first-order valence-electron chi connectivity index (χ1n) is 7.74. The molecule has 1 aliphatic rings. The predicted octanol–water partition coefficient (Wildman–Crippen LogP) is 3.83. The third-order valence-corrected chi connectivity index (χ3v) is 6.23. The van der Waals surface area contributed by atoms with Gasteiger partial charge in [0.25, 0.3) is 0 Å². The van der Waals surface area contributed by atoms with Crippen LogP contribution in [0.2, 0.25) is 5.28 Å². The average Bonchev–Trinajstić information content (AvgIpc) is 3.07. The van der Waals surface area contributed by atoms with Crippen molar-refractivity contribution in [3.8, 4) is 0 Å². The molecule has 4 N–H and O–H groups in total. The zero-order valence-corrected chi connectivity index (χ0v) is 16.0. The first kappa shape index (κ1) is 19.4. The predicted molar refractivity (Wildman–Crippen MR) is 101 cm³/mol. The Morgan fingerprint density at radius 3 is 2.79 bits per heavy atom. The molecule has 3 atom stereocenters. The summed E-state index contributed by atoms with van der Waals surface area (Å²) in [5.74, 6) is 1.39. The summed E-state index contributed by atoms with van der Waals surface area (Å²) < 4.78 is 5.60. The average molecular weight is 389 g/mol. The smallest absolute Gasteiger partial charge is 0.224 e. The highest BCUT2D eigenvalue weighted by atomic mass is 35.5. The number of fused-ring (bicyclic) bond motifs is 1. The van der Waals surface area contributed by atoms with Crippen LogP contribution in [-0.4, -0.2) is 21.3 Å². The monoisotopic (exact) mass is 388 g/mol. The van der Waals surface area contributed by atoms with Crippen LogP contribution in [-0.2, 0) is 11.8 Å². The second kappa shape index (κ2) is 7.52. The highest BCUT2D eigenvalue weighted by Gasteiger charge is 2.49. The number of hydrogen-bond acceptors (Lipinski definition) is 6. The van der Waals surface area contributed by atoms with Crippen LogP contribution in [0.5, 0.6) is 0 Å². The number of thioether (sulfide) groups is 1. The number of halogens is 2. The van der Waals surface area contributed by atoms with Gasteiger partial charge in [-0.3, -0.25) is 0 Å². The fourth-order valence-corrected chi connectivity index (χ4v) is 5.33. The second-order valence-corrected chi connectivity index (χ2v) is 7.69. The van der Waals surface area contributed by atoms with Crippen LogP contribution in [0.1, 0.15) is 38.1 Å². The molecule has 2 unspecified atom stereocenters. The molecule has 3 heterocycles. The minimum Gasteiger partial charge on any atom is -0.469 e. The highest BCUT2D eigenvalue weighted by Crippen LogP contribution is 2.55. The summed E-state index contributed by atoms with van der Waals surface area (Å²) >= 11 is 7.81. The maximum absolute atomic E-state index is 6.10. The molecule has 8 heteroatoms. The number of hydrogen-bond donors (Lipinski definition) is 2. The zero-order chi connectivity index (χ0) is 16.6. The number of nitrogens with two attached hydrogens (primary N) is 2. The Bertz CT molecular complexity index is 696. The van der Waals surface area contributed by atoms with Gasteiger partial charge in [0.1, 0.15) is 11.6 Å². The van der Waals surface area contributed by atoms with Gasteiger partial charge in [0, 0.05) is 23.1 Å². The fourth-order valence-electron chi connectivity index (χ4n) is 3.35. The van der Waals surface area contributed by atoms with E-state index in [2.05, 4.69) is 16.9 Å². The topological polar surface area (TPSA) is 91.0 Å². The van der Waals surface area contributed by atoms with Crippen LogP contribution in [0.4, 0.5) is 5.82 Å². The van der Waals surface area contributed by atoms with E-state index in [1.807, 2.05) is 19.1 Å². The zero-order valence-electron chi connectivity index (χ0n) is 13.7. The Balaban J connectivity index is 0.00000208. The van der Waals surface area contributed by atoms with Gasteiger partial charge in [0.05, 0.1) is 16.9 Å². The van der Waals surface area contributed by atoms with Crippen molar-refractivity contribution in [2.45, 2.75) is 54.7 Å². The number of rotatable bonds is 5. The largest absolute Gasteiger partial charge is 0.469 e. The molecule has 0 aromatic carbocycles. The molecule has 0 fully saturated rings. The van der Waals surface area contributed by atoms with Gasteiger partial charge in [0.2, 0.25) is 5.28 Å². The normalized spacial score (nSPS) is 23.6. The Morgan fingerprint density at radius 1 is 1.46 bits per heavy atom. The van der Waals surface area contributed by atoms with E-state index in [1.165, 1.54) is 0 Å². The van der Waals surface area contributed by atoms with E-state index >= 15 is 0 Å². The molecule has 0 amide bonds. The lowest BCUT2D eigenvalue weighted by atomic mass is 9.73. The first-order valence-corrected chi connectivity index (χ1v) is 9.00. The van der Waals surface area contributed by atoms with Crippen LogP contribution < -0.4 is 11.5 Å². The van der Waals surface area contributed by atoms with E-state index in [9.17, 15) is 0 Å². The quantitative estimate of drug-likeness (QED) is 0.756. The summed E-state index contributed by atoms with van der Waals surface area (Å²) in [6, 6.07) is 3.99. The van der Waals surface area contributed by atoms with Crippen molar-refractivity contribution in [1.82, 2.24) is 9.97 Å². The maximum Gasteiger partial charge on any atom is 0.224 e. The van der Waals surface area contributed by atoms with Crippen molar-refractivity contribution in [3.63, 3.8) is 0 Å². The minimum atomic E-state index is -0.202. The molecular formula is C16H22Cl2N4OS. The van der Waals surface area contributed by atoms with Crippen molar-refractivity contribution in [1.29, 1.82) is 0 Å². The lowest BCUT2D eigenvalue weighted by molar-refractivity contribution is 0.333. The Kier molecular flexibility index (Phi) is 6.07. The van der Waals surface area contributed by atoms with Gasteiger partial charge >= 0.3 is 0 Å². The summed E-state index contributed by atoms with van der Waals surface area (Å²) in [5, 5.41) is 0.461. The minimum absolute atomic E-state index is 0. The van der Waals surface area contributed by atoms with Gasteiger partial charge < -0.3 is 15.9 Å². The van der Waals surface area contributed by atoms with E-state index in [-0.39, 0.29) is 34.4 Å². The SMILES string of the molecule is CCC1(Cc2ccco2)c2nc(Cl)nc(N)c2SC1C[C@H](C)N.Cl. The number of aromatic nitrogens is 2. The van der Waals surface area contributed by atoms with Crippen LogP contribution in [0.25, 0.3) is 0 Å². The first-order chi connectivity index (χ1) is 11.0. The van der Waals surface area contributed by atoms with E-state index in [0.717, 1.165) is 35.6 Å². The van der Waals surface area contributed by atoms with E-state index < -0.39 is 0 Å². The van der Waals surface area contributed by atoms with Gasteiger partial charge in [-0.25, -0.2) is 4.98 Å². The molecule has 132 valence electrons. The molecule has 0 saturated heterocycles. The molecule has 24 heavy (non-hydrogen) atoms. The van der Waals surface area contributed by atoms with Crippen LogP contribution in [0.3, 0.4) is 0 Å². The molecular weight excluding hydrogens is 367 g/mol. The molecule has 5 nitrogen and oxygen atoms in total. The number of nitrogens with zero attached hydrogens (tertiary/aromatic N) is 2. The van der Waals surface area contributed by atoms with E-state index in [1.54, 1.807) is 18.0 Å². The third kappa shape index (κ3) is 3.38. The van der Waals surface area contributed by atoms with Crippen LogP contribution in [0.15, 0.2) is 27.7 Å². The molecule has 2 aromatic rings. The molecule has 0 bridgehead atoms. The van der Waals surface area contributed by atoms with Crippen LogP contribution >= 0.6 is 35.8 Å². The maximum atomic E-state index is 6.10. The Morgan fingerprint density at radius 2 is 2.21 bits per heavy atom. The van der Waals surface area contributed by atoms with Crippen molar-refractivity contribution in [2.24, 2.45) is 5.73 Å². The van der Waals surface area contributed by atoms with Crippen molar-refractivity contribution >= 4 is 41.6 Å². The van der Waals surface area contributed by atoms with Gasteiger partial charge in [-0.1, -0.05) is 6.92 Å². The summed E-state index contributed by atoms with van der Waals surface area (Å²) in [6.07, 6.45) is 4.22. The summed E-state index contributed by atoms with van der Waals surface area (Å²) in [6.45, 7) is 4.19. The molecule has 0 saturated carbocycles. The highest BCUT2D eigenvalue weighted by molar-refractivity contribution is 8.00. The van der Waals surface area contributed by atoms with E-state index in [0.29, 0.717) is 5.82 Å². The number of nitrogen functional groups attached to an aromatic ring is 1. The van der Waals surface area contributed by atoms with Crippen LogP contribution in [0, 0.1) is 0 Å². The molecule has 2 aromatic heterocycles. The number of anilines is 1. The third-order valence-electron chi connectivity index (χ3n) is 4.50. The summed E-state index contributed by atoms with van der Waals surface area (Å²) in [5.41, 5.74) is 12.9. The van der Waals surface area contributed by atoms with Gasteiger partial charge in [-0.2, -0.15) is 4.98 Å². The van der Waals surface area contributed by atoms with Crippen molar-refractivity contribution in [3.05, 3.63) is 35.1 Å². The molecule has 0 aliphatic carbocycles. The summed E-state index contributed by atoms with van der Waals surface area (Å²) in [4.78, 5) is 9.60. The molecule has 0 spiro atoms. The lowest BCUT2D eigenvalue weighted by Gasteiger charge is -2.34. The van der Waals surface area contributed by atoms with Gasteiger partial charge in [0.15, 0.2) is 0 Å². The molecule has 0 radical (unpaired) electrons. The van der Waals surface area contributed by atoms with Crippen molar-refractivity contribution in [2.75, 3.05) is 5.73 Å². The molecule has 1 aliphatic heterocycles. The lowest BCUT2D eigenvalue weighted by Crippen LogP contribution is -2.39. The summed E-state index contributed by atoms with van der Waals surface area (Å²) in [7, 11) is 0. The Labute approximate surface area is 157 Å². The van der Waals surface area contributed by atoms with Crippen molar-refractivity contribution < 1.29 is 4.42 Å². The Hall–Kier alpha value is -0.950.